The van der Waals surface area contributed by atoms with E-state index in [2.05, 4.69) is 58.2 Å². The van der Waals surface area contributed by atoms with Gasteiger partial charge in [-0.3, -0.25) is 62.5 Å². The number of nitrogens with one attached hydrogen (secondary N) is 10. The van der Waals surface area contributed by atoms with Gasteiger partial charge in [-0.2, -0.15) is 0 Å². The second-order valence-electron chi connectivity index (χ2n) is 23.4. The van der Waals surface area contributed by atoms with Crippen molar-refractivity contribution in [3.05, 3.63) is 113 Å². The third-order valence-electron chi connectivity index (χ3n) is 15.4. The first kappa shape index (κ1) is 72.2. The molecule has 0 aliphatic carbocycles. The largest absolute Gasteiger partial charge is 0.508 e. The fraction of sp³-hybridized carbons (Fsp3) is 0.444. The zero-order valence-corrected chi connectivity index (χ0v) is 52.8. The summed E-state index contributed by atoms with van der Waals surface area (Å²) in [5.41, 5.74) is 18.0. The second kappa shape index (κ2) is 34.5. The number of aliphatic hydroxyl groups excluding tert-OH is 1. The summed E-state index contributed by atoms with van der Waals surface area (Å²) in [6.07, 6.45) is -0.442. The minimum absolute atomic E-state index is 0.00715. The van der Waals surface area contributed by atoms with Crippen LogP contribution in [0.2, 0.25) is 5.02 Å². The van der Waals surface area contributed by atoms with E-state index in [1.165, 1.54) is 36.1 Å². The van der Waals surface area contributed by atoms with Gasteiger partial charge in [0.05, 0.1) is 13.0 Å². The molecule has 2 heterocycles. The number of carbonyl (C=O) groups is 12. The van der Waals surface area contributed by atoms with Crippen molar-refractivity contribution in [2.45, 2.75) is 146 Å². The van der Waals surface area contributed by atoms with Crippen LogP contribution in [0.3, 0.4) is 0 Å². The number of nitrogens with two attached hydrogens (primary N) is 3. The van der Waals surface area contributed by atoms with Crippen molar-refractivity contribution in [1.29, 1.82) is 0 Å². The molecule has 4 aromatic carbocycles. The summed E-state index contributed by atoms with van der Waals surface area (Å²) < 4.78 is 0. The van der Waals surface area contributed by atoms with E-state index < -0.39 is 151 Å². The highest BCUT2D eigenvalue weighted by molar-refractivity contribution is 6.30. The molecular formula is C63H82ClN15O14. The van der Waals surface area contributed by atoms with Crippen molar-refractivity contribution in [2.24, 2.45) is 28.1 Å². The number of phenolic OH excluding ortho intramolecular Hbond substituents is 1. The molecule has 2 aliphatic heterocycles. The lowest BCUT2D eigenvalue weighted by atomic mass is 9.98. The molecule has 0 spiro atoms. The van der Waals surface area contributed by atoms with Crippen molar-refractivity contribution < 1.29 is 67.7 Å². The number of hydrogen-bond acceptors (Lipinski definition) is 15. The molecule has 30 heteroatoms. The summed E-state index contributed by atoms with van der Waals surface area (Å²) in [5, 5.41) is 48.6. The standard InChI is InChI=1S/C63H82ClN15O14/c1-33(2)25-44(54(85)72-43(11-7-23-68-63(66)67)62(93)79-24-8-12-51(79)61(92)70-34(3)53(65)84)73-56(87)47(29-38-13-18-39-9-5-6-10-40(39)26-38)75-55(86)45(28-37-16-21-42(82)22-17-37)76-60(91)50(32-80)78-59(90)49-31-69-52(83)30-48(71-35(4)81)58(89)74-46(57(88)77-49)27-36-14-19-41(64)20-15-36/h5-6,9-10,13-22,26,33-34,43-51,80,82H,7-8,11-12,23-25,27-32H2,1-4H3,(H2,65,84)(H,69,83)(H,70,92)(H,71,81)(H,72,85)(H,73,87)(H,74,89)(H,75,86)(H,76,91)(H,77,88)(H,78,90)(H4,66,67,68)/t34-,43+,44+,45+,46-,47-,48+,49?,50+,51+/m1/s1. The van der Waals surface area contributed by atoms with Crippen LogP contribution in [0.1, 0.15) is 82.9 Å². The van der Waals surface area contributed by atoms with E-state index >= 15 is 4.79 Å². The van der Waals surface area contributed by atoms with Crippen LogP contribution in [0, 0.1) is 5.92 Å². The zero-order valence-electron chi connectivity index (χ0n) is 52.0. The van der Waals surface area contributed by atoms with Gasteiger partial charge in [-0.15, -0.1) is 0 Å². The maximum Gasteiger partial charge on any atom is 0.245 e. The predicted molar refractivity (Wildman–Crippen MR) is 341 cm³/mol. The number of aliphatic imine (C=N–C) groups is 1. The van der Waals surface area contributed by atoms with Crippen LogP contribution in [0.4, 0.5) is 0 Å². The number of phenols is 1. The minimum Gasteiger partial charge on any atom is -0.508 e. The molecule has 4 aromatic rings. The lowest BCUT2D eigenvalue weighted by Crippen LogP contribution is -2.62. The van der Waals surface area contributed by atoms with Crippen LogP contribution < -0.4 is 70.4 Å². The van der Waals surface area contributed by atoms with Crippen molar-refractivity contribution >= 4 is 99.2 Å². The highest BCUT2D eigenvalue weighted by atomic mass is 35.5. The Balaban J connectivity index is 1.28. The van der Waals surface area contributed by atoms with Crippen LogP contribution in [0.15, 0.2) is 96.0 Å². The molecule has 0 aromatic heterocycles. The van der Waals surface area contributed by atoms with Gasteiger partial charge >= 0.3 is 0 Å². The Morgan fingerprint density at radius 3 is 1.90 bits per heavy atom. The Labute approximate surface area is 541 Å². The smallest absolute Gasteiger partial charge is 0.245 e. The second-order valence-corrected chi connectivity index (χ2v) is 23.8. The quantitative estimate of drug-likeness (QED) is 0.0162. The molecule has 2 saturated heterocycles. The summed E-state index contributed by atoms with van der Waals surface area (Å²) in [5.74, 6) is -10.8. The predicted octanol–water partition coefficient (Wildman–Crippen LogP) is -2.28. The van der Waals surface area contributed by atoms with E-state index in [1.54, 1.807) is 50.2 Å². The molecule has 0 bridgehead atoms. The molecule has 6 rings (SSSR count). The highest BCUT2D eigenvalue weighted by Crippen LogP contribution is 2.22. The number of fused-ring (bicyclic) bond motifs is 1. The van der Waals surface area contributed by atoms with Gasteiger partial charge in [0.1, 0.15) is 66.2 Å². The summed E-state index contributed by atoms with van der Waals surface area (Å²) >= 11 is 6.09. The van der Waals surface area contributed by atoms with E-state index in [-0.39, 0.29) is 75.7 Å². The summed E-state index contributed by atoms with van der Waals surface area (Å²) in [4.78, 5) is 171. The molecule has 2 fully saturated rings. The monoisotopic (exact) mass is 1310 g/mol. The minimum atomic E-state index is -1.86. The van der Waals surface area contributed by atoms with Gasteiger partial charge in [0.15, 0.2) is 5.96 Å². The Hall–Kier alpha value is -9.90. The lowest BCUT2D eigenvalue weighted by molar-refractivity contribution is -0.142. The molecule has 29 nitrogen and oxygen atoms in total. The molecule has 12 amide bonds. The molecule has 1 unspecified atom stereocenters. The maximum atomic E-state index is 15.0. The van der Waals surface area contributed by atoms with Crippen LogP contribution >= 0.6 is 11.6 Å². The summed E-state index contributed by atoms with van der Waals surface area (Å²) in [7, 11) is 0. The fourth-order valence-corrected chi connectivity index (χ4v) is 10.7. The number of benzene rings is 4. The number of primary amides is 1. The van der Waals surface area contributed by atoms with Gasteiger partial charge in [0.2, 0.25) is 70.9 Å². The number of amides is 12. The van der Waals surface area contributed by atoms with Crippen molar-refractivity contribution in [3.8, 4) is 5.75 Å². The third kappa shape index (κ3) is 22.2. The van der Waals surface area contributed by atoms with Crippen LogP contribution in [0.5, 0.6) is 5.75 Å². The third-order valence-corrected chi connectivity index (χ3v) is 15.7. The van der Waals surface area contributed by atoms with Gasteiger partial charge in [0, 0.05) is 50.8 Å². The molecule has 10 atom stereocenters. The number of aliphatic hydroxyl groups is 1. The zero-order chi connectivity index (χ0) is 68.1. The van der Waals surface area contributed by atoms with Crippen molar-refractivity contribution in [2.75, 3.05) is 26.2 Å². The van der Waals surface area contributed by atoms with Gasteiger partial charge in [0.25, 0.3) is 0 Å². The van der Waals surface area contributed by atoms with Gasteiger partial charge < -0.3 is 85.5 Å². The van der Waals surface area contributed by atoms with Crippen molar-refractivity contribution in [1.82, 2.24) is 58.1 Å². The van der Waals surface area contributed by atoms with Gasteiger partial charge in [-0.05, 0) is 96.7 Å². The SMILES string of the molecule is CC(=O)N[C@H]1CC(=O)NCC(C(=O)N[C@@H](CO)C(=O)N[C@@H](Cc2ccc(O)cc2)C(=O)N[C@H](Cc2ccc3ccccc3c2)C(=O)N[C@@H](CC(C)C)C(=O)N[C@@H](CCCN=C(N)N)C(=O)N2CCC[C@H]2C(=O)N[C@H](C)C(N)=O)NC(=O)[C@@H](Cc2ccc(Cl)cc2)NC1=O. The summed E-state index contributed by atoms with van der Waals surface area (Å²) in [6.45, 7) is 4.60. The normalized spacial score (nSPS) is 18.6. The highest BCUT2D eigenvalue weighted by Gasteiger charge is 2.40. The van der Waals surface area contributed by atoms with E-state index in [9.17, 15) is 63.0 Å². The average molecular weight is 1310 g/mol. The molecule has 18 N–H and O–H groups in total. The molecule has 93 heavy (non-hydrogen) atoms. The maximum absolute atomic E-state index is 15.0. The van der Waals surface area contributed by atoms with E-state index in [4.69, 9.17) is 28.8 Å². The molecule has 0 saturated carbocycles. The number of likely N-dealkylation sites (tertiary alicyclic amines) is 1. The number of halogens is 1. The topological polar surface area (TPSA) is 459 Å². The Bertz CT molecular complexity index is 3400. The van der Waals surface area contributed by atoms with Crippen LogP contribution in [-0.4, -0.2) is 179 Å². The Morgan fingerprint density at radius 1 is 0.688 bits per heavy atom. The van der Waals surface area contributed by atoms with Crippen molar-refractivity contribution in [3.63, 3.8) is 0 Å². The number of carbonyl (C=O) groups excluding carboxylic acids is 12. The number of hydrogen-bond donors (Lipinski definition) is 15. The fourth-order valence-electron chi connectivity index (χ4n) is 10.5. The van der Waals surface area contributed by atoms with E-state index in [0.717, 1.165) is 17.7 Å². The molecular weight excluding hydrogens is 1230 g/mol. The Kier molecular flexibility index (Phi) is 26.8. The number of rotatable bonds is 28. The summed E-state index contributed by atoms with van der Waals surface area (Å²) in [6, 6.07) is 10.4. The van der Waals surface area contributed by atoms with Crippen LogP contribution in [-0.2, 0) is 76.8 Å². The van der Waals surface area contributed by atoms with Gasteiger partial charge in [-0.1, -0.05) is 92.2 Å². The molecule has 500 valence electrons. The first-order valence-electron chi connectivity index (χ1n) is 30.4. The number of guanidine groups is 1. The molecule has 0 radical (unpaired) electrons. The van der Waals surface area contributed by atoms with E-state index in [1.807, 2.05) is 30.3 Å². The van der Waals surface area contributed by atoms with Gasteiger partial charge in [-0.25, -0.2) is 0 Å². The number of aromatic hydroxyl groups is 1. The average Bonchev–Trinajstić information content (AvgIpc) is 1.89. The first-order chi connectivity index (χ1) is 44.2. The Morgan fingerprint density at radius 2 is 1.28 bits per heavy atom. The van der Waals surface area contributed by atoms with E-state index in [0.29, 0.717) is 28.1 Å². The lowest BCUT2D eigenvalue weighted by Gasteiger charge is -2.31. The van der Waals surface area contributed by atoms with Crippen LogP contribution in [0.25, 0.3) is 10.8 Å². The first-order valence-corrected chi connectivity index (χ1v) is 30.8. The number of nitrogens with zero attached hydrogens (tertiary/aromatic N) is 2. The molecule has 2 aliphatic rings.